The standard InChI is InChI=1S/C14H26N2/c1-14(2,15)6-3-7-16-13-11-9-4-5-10(8-9)12(11)13/h9-13,16H,3-8,15H2,1-2H3. The maximum atomic E-state index is 5.99. The van der Waals surface area contributed by atoms with E-state index in [1.165, 1.54) is 25.8 Å². The van der Waals surface area contributed by atoms with Crippen LogP contribution in [0.3, 0.4) is 0 Å². The van der Waals surface area contributed by atoms with E-state index in [0.29, 0.717) is 0 Å². The van der Waals surface area contributed by atoms with Gasteiger partial charge in [0.1, 0.15) is 0 Å². The number of nitrogens with one attached hydrogen (secondary N) is 1. The fourth-order valence-electron chi connectivity index (χ4n) is 4.41. The molecular weight excluding hydrogens is 196 g/mol. The van der Waals surface area contributed by atoms with E-state index in [-0.39, 0.29) is 5.54 Å². The highest BCUT2D eigenvalue weighted by molar-refractivity contribution is 5.16. The molecule has 0 aromatic rings. The van der Waals surface area contributed by atoms with E-state index in [9.17, 15) is 0 Å². The molecule has 0 radical (unpaired) electrons. The Hall–Kier alpha value is -0.0800. The van der Waals surface area contributed by atoms with Crippen LogP contribution in [0.15, 0.2) is 0 Å². The summed E-state index contributed by atoms with van der Waals surface area (Å²) in [6, 6.07) is 0.895. The summed E-state index contributed by atoms with van der Waals surface area (Å²) in [5.74, 6) is 4.34. The van der Waals surface area contributed by atoms with E-state index in [1.807, 2.05) is 0 Å². The number of rotatable bonds is 5. The molecule has 3 saturated carbocycles. The van der Waals surface area contributed by atoms with Crippen LogP contribution in [-0.2, 0) is 0 Å². The third-order valence-corrected chi connectivity index (χ3v) is 5.11. The summed E-state index contributed by atoms with van der Waals surface area (Å²) in [5.41, 5.74) is 6.00. The molecule has 0 saturated heterocycles. The molecule has 4 unspecified atom stereocenters. The number of fused-ring (bicyclic) bond motifs is 5. The highest BCUT2D eigenvalue weighted by Crippen LogP contribution is 2.65. The summed E-state index contributed by atoms with van der Waals surface area (Å²) in [6.45, 7) is 5.43. The zero-order valence-corrected chi connectivity index (χ0v) is 10.7. The van der Waals surface area contributed by atoms with Crippen molar-refractivity contribution in [2.45, 2.75) is 57.5 Å². The lowest BCUT2D eigenvalue weighted by Gasteiger charge is -2.18. The van der Waals surface area contributed by atoms with Crippen LogP contribution in [0.4, 0.5) is 0 Å². The summed E-state index contributed by atoms with van der Waals surface area (Å²) in [7, 11) is 0. The zero-order valence-electron chi connectivity index (χ0n) is 10.7. The van der Waals surface area contributed by atoms with Crippen molar-refractivity contribution in [3.05, 3.63) is 0 Å². The number of hydrogen-bond donors (Lipinski definition) is 2. The van der Waals surface area contributed by atoms with Crippen molar-refractivity contribution >= 4 is 0 Å². The molecule has 0 amide bonds. The Bertz CT molecular complexity index is 252. The topological polar surface area (TPSA) is 38.0 Å². The molecule has 92 valence electrons. The van der Waals surface area contributed by atoms with Crippen molar-refractivity contribution in [1.29, 1.82) is 0 Å². The van der Waals surface area contributed by atoms with Crippen molar-refractivity contribution in [1.82, 2.24) is 5.32 Å². The second kappa shape index (κ2) is 3.71. The Morgan fingerprint density at radius 1 is 1.19 bits per heavy atom. The summed E-state index contributed by atoms with van der Waals surface area (Å²) < 4.78 is 0. The lowest BCUT2D eigenvalue weighted by atomic mass is 10.00. The molecule has 3 fully saturated rings. The van der Waals surface area contributed by atoms with E-state index in [1.54, 1.807) is 6.42 Å². The number of nitrogens with two attached hydrogens (primary N) is 1. The summed E-state index contributed by atoms with van der Waals surface area (Å²) in [4.78, 5) is 0. The van der Waals surface area contributed by atoms with Gasteiger partial charge >= 0.3 is 0 Å². The van der Waals surface area contributed by atoms with Crippen LogP contribution < -0.4 is 11.1 Å². The molecule has 0 heterocycles. The van der Waals surface area contributed by atoms with Gasteiger partial charge in [-0.25, -0.2) is 0 Å². The summed E-state index contributed by atoms with van der Waals surface area (Å²) >= 11 is 0. The van der Waals surface area contributed by atoms with Gasteiger partial charge in [-0.2, -0.15) is 0 Å². The molecule has 2 heteroatoms. The smallest absolute Gasteiger partial charge is 0.0135 e. The van der Waals surface area contributed by atoms with Gasteiger partial charge in [0, 0.05) is 11.6 Å². The van der Waals surface area contributed by atoms with Crippen LogP contribution in [0.5, 0.6) is 0 Å². The highest BCUT2D eigenvalue weighted by Gasteiger charge is 2.64. The van der Waals surface area contributed by atoms with Crippen LogP contribution in [0.1, 0.15) is 46.0 Å². The van der Waals surface area contributed by atoms with Gasteiger partial charge in [-0.15, -0.1) is 0 Å². The number of hydrogen-bond acceptors (Lipinski definition) is 2. The van der Waals surface area contributed by atoms with Crippen molar-refractivity contribution in [3.8, 4) is 0 Å². The van der Waals surface area contributed by atoms with Crippen LogP contribution >= 0.6 is 0 Å². The van der Waals surface area contributed by atoms with Gasteiger partial charge < -0.3 is 11.1 Å². The monoisotopic (exact) mass is 222 g/mol. The van der Waals surface area contributed by atoms with Crippen molar-refractivity contribution in [3.63, 3.8) is 0 Å². The molecule has 0 spiro atoms. The second-order valence-corrected chi connectivity index (χ2v) is 7.06. The second-order valence-electron chi connectivity index (χ2n) is 7.06. The Kier molecular flexibility index (Phi) is 2.56. The Balaban J connectivity index is 1.37. The first-order valence-corrected chi connectivity index (χ1v) is 7.08. The lowest BCUT2D eigenvalue weighted by Crippen LogP contribution is -2.33. The molecule has 3 aliphatic rings. The molecule has 3 N–H and O–H groups in total. The van der Waals surface area contributed by atoms with Gasteiger partial charge in [0.15, 0.2) is 0 Å². The Morgan fingerprint density at radius 2 is 1.81 bits per heavy atom. The van der Waals surface area contributed by atoms with Crippen LogP contribution in [-0.4, -0.2) is 18.1 Å². The zero-order chi connectivity index (χ0) is 11.3. The van der Waals surface area contributed by atoms with E-state index < -0.39 is 0 Å². The average molecular weight is 222 g/mol. The van der Waals surface area contributed by atoms with Crippen molar-refractivity contribution in [2.75, 3.05) is 6.54 Å². The van der Waals surface area contributed by atoms with Gasteiger partial charge in [-0.05, 0) is 76.2 Å². The largest absolute Gasteiger partial charge is 0.326 e. The maximum Gasteiger partial charge on any atom is 0.0135 e. The minimum Gasteiger partial charge on any atom is -0.326 e. The quantitative estimate of drug-likeness (QED) is 0.699. The molecule has 3 aliphatic carbocycles. The molecule has 0 aromatic carbocycles. The van der Waals surface area contributed by atoms with E-state index >= 15 is 0 Å². The minimum absolute atomic E-state index is 0.0140. The normalized spacial score (nSPS) is 44.8. The van der Waals surface area contributed by atoms with Gasteiger partial charge in [0.05, 0.1) is 0 Å². The molecule has 3 rings (SSSR count). The van der Waals surface area contributed by atoms with Crippen LogP contribution in [0, 0.1) is 23.7 Å². The maximum absolute atomic E-state index is 5.99. The Labute approximate surface area is 99.4 Å². The summed E-state index contributed by atoms with van der Waals surface area (Å²) in [5, 5.41) is 3.78. The van der Waals surface area contributed by atoms with E-state index in [2.05, 4.69) is 19.2 Å². The van der Waals surface area contributed by atoms with Gasteiger partial charge in [0.25, 0.3) is 0 Å². The van der Waals surface area contributed by atoms with Gasteiger partial charge in [0.2, 0.25) is 0 Å². The minimum atomic E-state index is 0.0140. The first-order valence-electron chi connectivity index (χ1n) is 7.08. The predicted molar refractivity (Wildman–Crippen MR) is 67.1 cm³/mol. The third kappa shape index (κ3) is 1.91. The van der Waals surface area contributed by atoms with Gasteiger partial charge in [-0.3, -0.25) is 0 Å². The van der Waals surface area contributed by atoms with Crippen LogP contribution in [0.2, 0.25) is 0 Å². The molecule has 2 bridgehead atoms. The van der Waals surface area contributed by atoms with Crippen molar-refractivity contribution < 1.29 is 0 Å². The van der Waals surface area contributed by atoms with E-state index in [4.69, 9.17) is 5.73 Å². The average Bonchev–Trinajstić information content (AvgIpc) is 2.60. The summed E-state index contributed by atoms with van der Waals surface area (Å²) in [6.07, 6.45) is 6.98. The first kappa shape index (κ1) is 11.0. The predicted octanol–water partition coefficient (Wildman–Crippen LogP) is 2.14. The molecule has 0 aliphatic heterocycles. The molecule has 16 heavy (non-hydrogen) atoms. The lowest BCUT2D eigenvalue weighted by molar-refractivity contribution is 0.423. The fourth-order valence-corrected chi connectivity index (χ4v) is 4.41. The SMILES string of the molecule is CC(C)(N)CCCNC1C2C3CCC(C3)C12. The molecule has 4 atom stereocenters. The molecular formula is C14H26N2. The Morgan fingerprint density at radius 3 is 2.38 bits per heavy atom. The highest BCUT2D eigenvalue weighted by atomic mass is 15.0. The molecule has 0 aromatic heterocycles. The van der Waals surface area contributed by atoms with Gasteiger partial charge in [-0.1, -0.05) is 0 Å². The van der Waals surface area contributed by atoms with Crippen LogP contribution in [0.25, 0.3) is 0 Å². The van der Waals surface area contributed by atoms with E-state index in [0.717, 1.165) is 36.1 Å². The third-order valence-electron chi connectivity index (χ3n) is 5.11. The fraction of sp³-hybridized carbons (Fsp3) is 1.00. The first-order chi connectivity index (χ1) is 7.56. The van der Waals surface area contributed by atoms with Crippen molar-refractivity contribution in [2.24, 2.45) is 29.4 Å². The molecule has 2 nitrogen and oxygen atoms in total.